The van der Waals surface area contributed by atoms with Crippen LogP contribution >= 0.6 is 15.9 Å². The molecule has 6 heteroatoms. The van der Waals surface area contributed by atoms with Gasteiger partial charge in [-0.3, -0.25) is 0 Å². The third-order valence-electron chi connectivity index (χ3n) is 2.11. The fraction of sp³-hybridized carbons (Fsp3) is 0.200. The molecule has 84 valence electrons. The Labute approximate surface area is 100 Å². The maximum absolute atomic E-state index is 11.0. The van der Waals surface area contributed by atoms with Crippen molar-refractivity contribution in [2.45, 2.75) is 6.54 Å². The molecule has 5 nitrogen and oxygen atoms in total. The summed E-state index contributed by atoms with van der Waals surface area (Å²) in [6.45, 7) is 0.469. The van der Waals surface area contributed by atoms with E-state index in [0.717, 1.165) is 11.3 Å². The molecule has 0 saturated carbocycles. The average molecular weight is 285 g/mol. The van der Waals surface area contributed by atoms with Gasteiger partial charge in [-0.1, -0.05) is 4.68 Å². The second-order valence-corrected chi connectivity index (χ2v) is 3.91. The number of hydrogen-bond acceptors (Lipinski definition) is 4. The van der Waals surface area contributed by atoms with E-state index < -0.39 is 5.95 Å². The van der Waals surface area contributed by atoms with E-state index in [9.17, 15) is 5.11 Å². The van der Waals surface area contributed by atoms with Crippen LogP contribution in [-0.4, -0.2) is 12.4 Å². The number of halogens is 1. The van der Waals surface area contributed by atoms with Crippen LogP contribution in [0.3, 0.4) is 0 Å². The predicted molar refractivity (Wildman–Crippen MR) is 55.9 cm³/mol. The van der Waals surface area contributed by atoms with Crippen molar-refractivity contribution in [1.82, 2.24) is 5.27 Å². The lowest BCUT2D eigenvalue weighted by atomic mass is 10.2. The lowest BCUT2D eigenvalue weighted by Crippen LogP contribution is -2.37. The van der Waals surface area contributed by atoms with Gasteiger partial charge in [0.1, 0.15) is 5.75 Å². The van der Waals surface area contributed by atoms with Crippen molar-refractivity contribution in [3.8, 4) is 11.7 Å². The molecule has 0 aliphatic heterocycles. The van der Waals surface area contributed by atoms with Crippen LogP contribution in [0.4, 0.5) is 0 Å². The van der Waals surface area contributed by atoms with Crippen LogP contribution in [-0.2, 0) is 6.54 Å². The molecule has 1 aromatic heterocycles. The van der Waals surface area contributed by atoms with Gasteiger partial charge in [0.25, 0.3) is 4.60 Å². The number of methoxy groups -OCH3 is 1. The van der Waals surface area contributed by atoms with E-state index in [1.807, 2.05) is 24.3 Å². The van der Waals surface area contributed by atoms with Gasteiger partial charge in [0, 0.05) is 21.5 Å². The van der Waals surface area contributed by atoms with E-state index in [1.54, 1.807) is 7.11 Å². The average Bonchev–Trinajstić information content (AvgIpc) is 2.62. The van der Waals surface area contributed by atoms with Gasteiger partial charge in [0.2, 0.25) is 6.54 Å². The van der Waals surface area contributed by atoms with Gasteiger partial charge in [-0.2, -0.15) is 0 Å². The minimum absolute atomic E-state index is 0.309. The van der Waals surface area contributed by atoms with E-state index >= 15 is 0 Å². The van der Waals surface area contributed by atoms with Gasteiger partial charge >= 0.3 is 0 Å². The molecule has 2 rings (SSSR count). The van der Waals surface area contributed by atoms with Gasteiger partial charge < -0.3 is 14.4 Å². The summed E-state index contributed by atoms with van der Waals surface area (Å²) in [6, 6.07) is 7.50. The summed E-state index contributed by atoms with van der Waals surface area (Å²) >= 11 is 3.11. The molecular formula is C10H9BrN2O3. The van der Waals surface area contributed by atoms with Crippen LogP contribution in [0.1, 0.15) is 5.56 Å². The molecule has 0 amide bonds. The maximum atomic E-state index is 11.0. The standard InChI is InChI=1S/C10H9BrN2O3/c1-15-8-4-2-7(3-5-8)6-13-9(11)10(14)16-12-13/h2-5H,6H2,1H3. The minimum atomic E-state index is -0.478. The van der Waals surface area contributed by atoms with Crippen LogP contribution in [0.2, 0.25) is 0 Å². The Morgan fingerprint density at radius 3 is 2.62 bits per heavy atom. The zero-order valence-electron chi connectivity index (χ0n) is 8.51. The van der Waals surface area contributed by atoms with Crippen molar-refractivity contribution >= 4 is 15.9 Å². The van der Waals surface area contributed by atoms with Crippen LogP contribution in [0.5, 0.6) is 11.7 Å². The van der Waals surface area contributed by atoms with E-state index in [1.165, 1.54) is 4.68 Å². The van der Waals surface area contributed by atoms with Crippen molar-refractivity contribution in [2.24, 2.45) is 0 Å². The highest BCUT2D eigenvalue weighted by Gasteiger charge is 2.14. The molecule has 0 aliphatic rings. The number of nitrogens with zero attached hydrogens (tertiary/aromatic N) is 2. The Morgan fingerprint density at radius 1 is 1.44 bits per heavy atom. The molecule has 0 N–H and O–H groups in total. The summed E-state index contributed by atoms with van der Waals surface area (Å²) in [6.07, 6.45) is 0. The number of rotatable bonds is 3. The van der Waals surface area contributed by atoms with Crippen LogP contribution in [0.15, 0.2) is 33.4 Å². The van der Waals surface area contributed by atoms with Gasteiger partial charge in [0.05, 0.1) is 12.4 Å². The second-order valence-electron chi connectivity index (χ2n) is 3.16. The smallest absolute Gasteiger partial charge is 0.299 e. The van der Waals surface area contributed by atoms with E-state index in [2.05, 4.69) is 25.7 Å². The third-order valence-corrected chi connectivity index (χ3v) is 2.84. The van der Waals surface area contributed by atoms with Crippen molar-refractivity contribution in [1.29, 1.82) is 0 Å². The molecule has 1 aromatic carbocycles. The number of hydrogen-bond donors (Lipinski definition) is 0. The third kappa shape index (κ3) is 2.16. The highest BCUT2D eigenvalue weighted by molar-refractivity contribution is 9.10. The first-order valence-electron chi connectivity index (χ1n) is 4.56. The van der Waals surface area contributed by atoms with Gasteiger partial charge in [-0.15, -0.1) is 0 Å². The van der Waals surface area contributed by atoms with Crippen LogP contribution in [0, 0.1) is 0 Å². The molecule has 0 bridgehead atoms. The summed E-state index contributed by atoms with van der Waals surface area (Å²) in [5, 5.41) is 14.6. The number of aromatic nitrogens is 2. The minimum Gasteiger partial charge on any atom is -0.538 e. The zero-order valence-corrected chi connectivity index (χ0v) is 10.1. The first-order chi connectivity index (χ1) is 7.70. The molecular weight excluding hydrogens is 276 g/mol. The first kappa shape index (κ1) is 10.9. The van der Waals surface area contributed by atoms with Crippen molar-refractivity contribution in [3.63, 3.8) is 0 Å². The fourth-order valence-corrected chi connectivity index (χ4v) is 1.53. The molecule has 16 heavy (non-hydrogen) atoms. The number of benzene rings is 1. The topological polar surface area (TPSA) is 62.2 Å². The Kier molecular flexibility index (Phi) is 3.09. The fourth-order valence-electron chi connectivity index (χ4n) is 1.27. The molecule has 0 atom stereocenters. The van der Waals surface area contributed by atoms with Crippen LogP contribution < -0.4 is 14.5 Å². The quantitative estimate of drug-likeness (QED) is 0.784. The molecule has 0 radical (unpaired) electrons. The molecule has 0 aliphatic carbocycles. The summed E-state index contributed by atoms with van der Waals surface area (Å²) < 4.78 is 11.3. The van der Waals surface area contributed by atoms with Crippen molar-refractivity contribution < 1.29 is 19.0 Å². The summed E-state index contributed by atoms with van der Waals surface area (Å²) in [4.78, 5) is 0. The molecule has 0 fully saturated rings. The lowest BCUT2D eigenvalue weighted by Gasteiger charge is -1.99. The van der Waals surface area contributed by atoms with E-state index in [4.69, 9.17) is 4.74 Å². The highest BCUT2D eigenvalue weighted by Crippen LogP contribution is 2.15. The number of ether oxygens (including phenoxy) is 1. The largest absolute Gasteiger partial charge is 0.538 e. The summed E-state index contributed by atoms with van der Waals surface area (Å²) in [5.74, 6) is 0.311. The maximum Gasteiger partial charge on any atom is 0.299 e. The normalized spacial score (nSPS) is 10.4. The molecule has 0 unspecified atom stereocenters. The molecule has 2 aromatic rings. The first-order valence-corrected chi connectivity index (χ1v) is 5.35. The second kappa shape index (κ2) is 4.52. The lowest BCUT2D eigenvalue weighted by molar-refractivity contribution is -0.764. The predicted octanol–water partition coefficient (Wildman–Crippen LogP) is 0.855. The molecule has 0 saturated heterocycles. The Hall–Kier alpha value is -1.56. The van der Waals surface area contributed by atoms with E-state index in [-0.39, 0.29) is 0 Å². The summed E-state index contributed by atoms with van der Waals surface area (Å²) in [5.41, 5.74) is 1.000. The molecule has 0 spiro atoms. The van der Waals surface area contributed by atoms with Gasteiger partial charge in [-0.05, 0) is 24.3 Å². The van der Waals surface area contributed by atoms with E-state index in [0.29, 0.717) is 11.1 Å². The highest BCUT2D eigenvalue weighted by atomic mass is 79.9. The zero-order chi connectivity index (χ0) is 11.5. The van der Waals surface area contributed by atoms with Crippen LogP contribution in [0.25, 0.3) is 0 Å². The van der Waals surface area contributed by atoms with Crippen molar-refractivity contribution in [3.05, 3.63) is 34.4 Å². The van der Waals surface area contributed by atoms with Gasteiger partial charge in [-0.25, -0.2) is 0 Å². The SMILES string of the molecule is COc1ccc(C[n+]2noc([O-])c2Br)cc1. The monoisotopic (exact) mass is 284 g/mol. The van der Waals surface area contributed by atoms with Crippen molar-refractivity contribution in [2.75, 3.05) is 7.11 Å². The molecule has 1 heterocycles. The Balaban J connectivity index is 2.17. The summed E-state index contributed by atoms with van der Waals surface area (Å²) in [7, 11) is 1.61. The Bertz CT molecular complexity index is 481. The Morgan fingerprint density at radius 2 is 2.12 bits per heavy atom. The van der Waals surface area contributed by atoms with Gasteiger partial charge in [0.15, 0.2) is 5.95 Å².